The van der Waals surface area contributed by atoms with E-state index in [4.69, 9.17) is 0 Å². The van der Waals surface area contributed by atoms with E-state index in [0.29, 0.717) is 6.04 Å². The molecule has 1 atom stereocenters. The number of aryl methyl sites for hydroxylation is 2. The van der Waals surface area contributed by atoms with E-state index >= 15 is 0 Å². The Morgan fingerprint density at radius 2 is 1.86 bits per heavy atom. The van der Waals surface area contributed by atoms with E-state index < -0.39 is 0 Å². The predicted molar refractivity (Wildman–Crippen MR) is 87.2 cm³/mol. The van der Waals surface area contributed by atoms with Crippen LogP contribution < -0.4 is 5.32 Å². The van der Waals surface area contributed by atoms with Gasteiger partial charge in [-0.25, -0.2) is 4.39 Å². The molecular formula is C19H24FN. The van der Waals surface area contributed by atoms with Crippen molar-refractivity contribution in [3.63, 3.8) is 0 Å². The molecule has 0 aromatic heterocycles. The second-order valence-corrected chi connectivity index (χ2v) is 5.72. The zero-order chi connectivity index (χ0) is 15.2. The van der Waals surface area contributed by atoms with Gasteiger partial charge in [0, 0.05) is 6.04 Å². The number of halogens is 1. The van der Waals surface area contributed by atoms with Gasteiger partial charge in [-0.2, -0.15) is 0 Å². The van der Waals surface area contributed by atoms with Crippen molar-refractivity contribution in [2.45, 2.75) is 39.7 Å². The molecule has 0 aliphatic rings. The van der Waals surface area contributed by atoms with Gasteiger partial charge in [-0.3, -0.25) is 0 Å². The molecule has 0 aliphatic carbocycles. The summed E-state index contributed by atoms with van der Waals surface area (Å²) in [5.41, 5.74) is 5.03. The van der Waals surface area contributed by atoms with Gasteiger partial charge < -0.3 is 5.32 Å². The zero-order valence-corrected chi connectivity index (χ0v) is 13.1. The summed E-state index contributed by atoms with van der Waals surface area (Å²) in [6.07, 6.45) is 1.82. The number of likely N-dealkylation sites (N-methyl/N-ethyl adjacent to an activating group) is 1. The average Bonchev–Trinajstić information content (AvgIpc) is 2.43. The van der Waals surface area contributed by atoms with Crippen LogP contribution in [0.1, 0.15) is 29.2 Å². The minimum atomic E-state index is -0.158. The lowest BCUT2D eigenvalue weighted by atomic mass is 9.95. The van der Waals surface area contributed by atoms with Crippen molar-refractivity contribution in [2.24, 2.45) is 0 Å². The largest absolute Gasteiger partial charge is 0.314 e. The molecule has 0 amide bonds. The molecule has 0 saturated heterocycles. The third kappa shape index (κ3) is 4.68. The van der Waals surface area contributed by atoms with Gasteiger partial charge >= 0.3 is 0 Å². The fraction of sp³-hybridized carbons (Fsp3) is 0.368. The molecule has 112 valence electrons. The maximum Gasteiger partial charge on any atom is 0.123 e. The lowest BCUT2D eigenvalue weighted by Crippen LogP contribution is -2.33. The van der Waals surface area contributed by atoms with E-state index in [2.05, 4.69) is 44.3 Å². The highest BCUT2D eigenvalue weighted by Crippen LogP contribution is 2.15. The Hall–Kier alpha value is -1.67. The molecule has 1 unspecified atom stereocenters. The summed E-state index contributed by atoms with van der Waals surface area (Å²) >= 11 is 0. The smallest absolute Gasteiger partial charge is 0.123 e. The Morgan fingerprint density at radius 1 is 1.05 bits per heavy atom. The van der Waals surface area contributed by atoms with Gasteiger partial charge in [-0.1, -0.05) is 42.8 Å². The molecule has 0 aliphatic heterocycles. The number of nitrogens with one attached hydrogen (secondary N) is 1. The third-order valence-electron chi connectivity index (χ3n) is 3.83. The molecule has 2 aromatic rings. The van der Waals surface area contributed by atoms with E-state index in [1.807, 2.05) is 6.07 Å². The van der Waals surface area contributed by atoms with Crippen molar-refractivity contribution in [1.82, 2.24) is 5.32 Å². The standard InChI is InChI=1S/C19H24FN/c1-4-21-19(12-16-6-5-7-18(20)11-16)13-17-10-14(2)8-9-15(17)3/h5-11,19,21H,4,12-13H2,1-3H3. The van der Waals surface area contributed by atoms with E-state index in [0.717, 1.165) is 24.9 Å². The van der Waals surface area contributed by atoms with Crippen molar-refractivity contribution in [3.8, 4) is 0 Å². The van der Waals surface area contributed by atoms with E-state index in [1.54, 1.807) is 12.1 Å². The van der Waals surface area contributed by atoms with Crippen LogP contribution in [-0.2, 0) is 12.8 Å². The highest BCUT2D eigenvalue weighted by Gasteiger charge is 2.11. The summed E-state index contributed by atoms with van der Waals surface area (Å²) in [4.78, 5) is 0. The van der Waals surface area contributed by atoms with Crippen LogP contribution in [0, 0.1) is 19.7 Å². The second-order valence-electron chi connectivity index (χ2n) is 5.72. The van der Waals surface area contributed by atoms with Crippen molar-refractivity contribution in [3.05, 3.63) is 70.5 Å². The van der Waals surface area contributed by atoms with Crippen LogP contribution in [-0.4, -0.2) is 12.6 Å². The van der Waals surface area contributed by atoms with Gasteiger partial charge in [0.25, 0.3) is 0 Å². The SMILES string of the molecule is CCNC(Cc1cccc(F)c1)Cc1cc(C)ccc1C. The summed E-state index contributed by atoms with van der Waals surface area (Å²) < 4.78 is 13.3. The molecule has 0 spiro atoms. The van der Waals surface area contributed by atoms with Crippen molar-refractivity contribution in [2.75, 3.05) is 6.54 Å². The Bertz CT molecular complexity index is 592. The lowest BCUT2D eigenvalue weighted by molar-refractivity contribution is 0.518. The summed E-state index contributed by atoms with van der Waals surface area (Å²) in [7, 11) is 0. The Balaban J connectivity index is 2.13. The average molecular weight is 285 g/mol. The molecule has 2 aromatic carbocycles. The number of hydrogen-bond acceptors (Lipinski definition) is 1. The van der Waals surface area contributed by atoms with Gasteiger partial charge in [0.05, 0.1) is 0 Å². The summed E-state index contributed by atoms with van der Waals surface area (Å²) in [5.74, 6) is -0.158. The topological polar surface area (TPSA) is 12.0 Å². The molecule has 0 saturated carbocycles. The maximum atomic E-state index is 13.3. The fourth-order valence-electron chi connectivity index (χ4n) is 2.74. The number of rotatable bonds is 6. The number of hydrogen-bond donors (Lipinski definition) is 1. The first-order valence-corrected chi connectivity index (χ1v) is 7.62. The molecule has 1 nitrogen and oxygen atoms in total. The fourth-order valence-corrected chi connectivity index (χ4v) is 2.74. The van der Waals surface area contributed by atoms with Crippen molar-refractivity contribution in [1.29, 1.82) is 0 Å². The first kappa shape index (κ1) is 15.7. The van der Waals surface area contributed by atoms with Gasteiger partial charge in [-0.05, 0) is 62.1 Å². The van der Waals surface area contributed by atoms with E-state index in [9.17, 15) is 4.39 Å². The van der Waals surface area contributed by atoms with E-state index in [-0.39, 0.29) is 5.82 Å². The van der Waals surface area contributed by atoms with Crippen LogP contribution in [0.5, 0.6) is 0 Å². The van der Waals surface area contributed by atoms with Crippen LogP contribution in [0.3, 0.4) is 0 Å². The highest BCUT2D eigenvalue weighted by molar-refractivity contribution is 5.31. The van der Waals surface area contributed by atoms with Gasteiger partial charge in [0.1, 0.15) is 5.82 Å². The molecular weight excluding hydrogens is 261 g/mol. The normalized spacial score (nSPS) is 12.4. The highest BCUT2D eigenvalue weighted by atomic mass is 19.1. The minimum absolute atomic E-state index is 0.158. The van der Waals surface area contributed by atoms with Gasteiger partial charge in [0.2, 0.25) is 0 Å². The first-order chi connectivity index (χ1) is 10.1. The van der Waals surface area contributed by atoms with Crippen LogP contribution in [0.4, 0.5) is 4.39 Å². The van der Waals surface area contributed by atoms with Crippen LogP contribution in [0.25, 0.3) is 0 Å². The number of benzene rings is 2. The third-order valence-corrected chi connectivity index (χ3v) is 3.83. The molecule has 1 N–H and O–H groups in total. The molecule has 21 heavy (non-hydrogen) atoms. The first-order valence-electron chi connectivity index (χ1n) is 7.62. The zero-order valence-electron chi connectivity index (χ0n) is 13.1. The Labute approximate surface area is 127 Å². The Morgan fingerprint density at radius 3 is 2.57 bits per heavy atom. The second kappa shape index (κ2) is 7.37. The maximum absolute atomic E-state index is 13.3. The minimum Gasteiger partial charge on any atom is -0.314 e. The van der Waals surface area contributed by atoms with Crippen LogP contribution >= 0.6 is 0 Å². The predicted octanol–water partition coefficient (Wildman–Crippen LogP) is 4.21. The summed E-state index contributed by atoms with van der Waals surface area (Å²) in [5, 5.41) is 3.52. The lowest BCUT2D eigenvalue weighted by Gasteiger charge is -2.19. The molecule has 0 heterocycles. The monoisotopic (exact) mass is 285 g/mol. The molecule has 0 radical (unpaired) electrons. The van der Waals surface area contributed by atoms with E-state index in [1.165, 1.54) is 22.8 Å². The molecule has 2 rings (SSSR count). The Kier molecular flexibility index (Phi) is 5.51. The van der Waals surface area contributed by atoms with Crippen LogP contribution in [0.15, 0.2) is 42.5 Å². The van der Waals surface area contributed by atoms with Crippen LogP contribution in [0.2, 0.25) is 0 Å². The van der Waals surface area contributed by atoms with Gasteiger partial charge in [-0.15, -0.1) is 0 Å². The summed E-state index contributed by atoms with van der Waals surface area (Å²) in [6.45, 7) is 7.31. The van der Waals surface area contributed by atoms with Crippen molar-refractivity contribution >= 4 is 0 Å². The van der Waals surface area contributed by atoms with Crippen molar-refractivity contribution < 1.29 is 4.39 Å². The molecule has 0 bridgehead atoms. The van der Waals surface area contributed by atoms with Gasteiger partial charge in [0.15, 0.2) is 0 Å². The molecule has 0 fully saturated rings. The quantitative estimate of drug-likeness (QED) is 0.838. The molecule has 2 heteroatoms. The summed E-state index contributed by atoms with van der Waals surface area (Å²) in [6, 6.07) is 13.8.